The van der Waals surface area contributed by atoms with Crippen molar-refractivity contribution in [3.05, 3.63) is 39.9 Å². The Hall–Kier alpha value is -1.79. The number of non-ortho nitro benzene ring substituents is 1. The number of ketones is 1. The van der Waals surface area contributed by atoms with Crippen LogP contribution < -0.4 is 0 Å². The van der Waals surface area contributed by atoms with Crippen molar-refractivity contribution < 1.29 is 19.3 Å². The molecule has 98 valence electrons. The van der Waals surface area contributed by atoms with Gasteiger partial charge in [0.15, 0.2) is 11.9 Å². The molecule has 0 bridgehead atoms. The number of carbonyl (C=O) groups excluding carboxylic acids is 1. The molecule has 1 atom stereocenters. The lowest BCUT2D eigenvalue weighted by Crippen LogP contribution is -2.44. The van der Waals surface area contributed by atoms with Crippen molar-refractivity contribution in [1.29, 1.82) is 0 Å². The van der Waals surface area contributed by atoms with Gasteiger partial charge in [-0.15, -0.1) is 0 Å². The molecule has 1 N–H and O–H groups in total. The zero-order chi connectivity index (χ0) is 13.9. The molecule has 6 heteroatoms. The first-order valence-corrected chi connectivity index (χ1v) is 5.48. The molecular formula is C12H17N2O4+. The highest BCUT2D eigenvalue weighted by Gasteiger charge is 2.24. The maximum Gasteiger partial charge on any atom is 0.269 e. The van der Waals surface area contributed by atoms with Gasteiger partial charge in [0.05, 0.1) is 26.1 Å². The van der Waals surface area contributed by atoms with E-state index in [9.17, 15) is 20.0 Å². The monoisotopic (exact) mass is 253 g/mol. The second-order valence-corrected chi connectivity index (χ2v) is 5.16. The molecule has 0 heterocycles. The van der Waals surface area contributed by atoms with Crippen LogP contribution in [0.15, 0.2) is 24.3 Å². The first kappa shape index (κ1) is 14.3. The van der Waals surface area contributed by atoms with Crippen LogP contribution >= 0.6 is 0 Å². The van der Waals surface area contributed by atoms with Crippen LogP contribution in [0, 0.1) is 10.1 Å². The van der Waals surface area contributed by atoms with Crippen LogP contribution in [0.25, 0.3) is 0 Å². The molecule has 18 heavy (non-hydrogen) atoms. The Morgan fingerprint density at radius 2 is 1.83 bits per heavy atom. The van der Waals surface area contributed by atoms with Crippen molar-refractivity contribution in [2.24, 2.45) is 0 Å². The van der Waals surface area contributed by atoms with Gasteiger partial charge in [-0.2, -0.15) is 0 Å². The number of carbonyl (C=O) groups is 1. The van der Waals surface area contributed by atoms with E-state index in [0.717, 1.165) is 0 Å². The summed E-state index contributed by atoms with van der Waals surface area (Å²) in [7, 11) is 5.60. The van der Waals surface area contributed by atoms with Gasteiger partial charge in [-0.3, -0.25) is 14.9 Å². The van der Waals surface area contributed by atoms with Crippen LogP contribution in [-0.4, -0.2) is 54.1 Å². The molecular weight excluding hydrogens is 236 g/mol. The van der Waals surface area contributed by atoms with Crippen molar-refractivity contribution in [3.8, 4) is 0 Å². The molecule has 0 radical (unpaired) electrons. The Morgan fingerprint density at radius 3 is 2.22 bits per heavy atom. The van der Waals surface area contributed by atoms with Gasteiger partial charge < -0.3 is 9.59 Å². The van der Waals surface area contributed by atoms with E-state index in [0.29, 0.717) is 4.48 Å². The minimum absolute atomic E-state index is 0.0763. The first-order chi connectivity index (χ1) is 8.20. The molecule has 6 nitrogen and oxygen atoms in total. The van der Waals surface area contributed by atoms with E-state index in [1.54, 1.807) is 0 Å². The molecule has 0 saturated carbocycles. The summed E-state index contributed by atoms with van der Waals surface area (Å²) in [4.78, 5) is 21.8. The van der Waals surface area contributed by atoms with Gasteiger partial charge in [0.1, 0.15) is 6.54 Å². The fourth-order valence-corrected chi connectivity index (χ4v) is 1.54. The number of aliphatic hydroxyl groups excluding tert-OH is 1. The topological polar surface area (TPSA) is 80.4 Å². The predicted molar refractivity (Wildman–Crippen MR) is 66.3 cm³/mol. The standard InChI is InChI=1S/C12H17N2O4/c1-14(2,3)8-11(15)12(16)9-4-6-10(7-5-9)13(17)18/h4-7,11,15H,8H2,1-3H3/q+1. The highest BCUT2D eigenvalue weighted by Crippen LogP contribution is 2.13. The minimum Gasteiger partial charge on any atom is -0.379 e. The van der Waals surface area contributed by atoms with Gasteiger partial charge in [-0.1, -0.05) is 0 Å². The van der Waals surface area contributed by atoms with Crippen LogP contribution in [-0.2, 0) is 0 Å². The third-order valence-electron chi connectivity index (χ3n) is 2.39. The lowest BCUT2D eigenvalue weighted by atomic mass is 10.1. The molecule has 0 aromatic heterocycles. The number of benzene rings is 1. The maximum atomic E-state index is 11.9. The number of aliphatic hydroxyl groups is 1. The summed E-state index contributed by atoms with van der Waals surface area (Å²) in [5, 5.41) is 20.3. The summed E-state index contributed by atoms with van der Waals surface area (Å²) in [5.41, 5.74) is 0.203. The lowest BCUT2D eigenvalue weighted by molar-refractivity contribution is -0.872. The number of quaternary nitrogens is 1. The molecule has 1 unspecified atom stereocenters. The third-order valence-corrected chi connectivity index (χ3v) is 2.39. The summed E-state index contributed by atoms with van der Waals surface area (Å²) in [6.45, 7) is 0.288. The molecule has 0 aliphatic heterocycles. The van der Waals surface area contributed by atoms with E-state index >= 15 is 0 Å². The number of nitro benzene ring substituents is 1. The SMILES string of the molecule is C[N+](C)(C)CC(O)C(=O)c1ccc([N+](=O)[O-])cc1. The number of Topliss-reactive ketones (excluding diaryl/α,β-unsaturated/α-hetero) is 1. The Labute approximate surface area is 105 Å². The number of likely N-dealkylation sites (N-methyl/N-ethyl adjacent to an activating group) is 1. The first-order valence-electron chi connectivity index (χ1n) is 5.48. The molecule has 0 saturated heterocycles. The third kappa shape index (κ3) is 3.90. The van der Waals surface area contributed by atoms with Gasteiger partial charge in [-0.05, 0) is 12.1 Å². The lowest BCUT2D eigenvalue weighted by Gasteiger charge is -2.26. The smallest absolute Gasteiger partial charge is 0.269 e. The Bertz CT molecular complexity index is 448. The van der Waals surface area contributed by atoms with Crippen LogP contribution in [0.1, 0.15) is 10.4 Å². The van der Waals surface area contributed by atoms with E-state index in [1.165, 1.54) is 24.3 Å². The second-order valence-electron chi connectivity index (χ2n) is 5.16. The fraction of sp³-hybridized carbons (Fsp3) is 0.417. The van der Waals surface area contributed by atoms with Crippen molar-refractivity contribution in [2.75, 3.05) is 27.7 Å². The zero-order valence-corrected chi connectivity index (χ0v) is 10.7. The molecule has 0 fully saturated rings. The molecule has 0 spiro atoms. The number of nitrogens with zero attached hydrogens (tertiary/aromatic N) is 2. The van der Waals surface area contributed by atoms with Crippen molar-refractivity contribution in [1.82, 2.24) is 0 Å². The molecule has 0 amide bonds. The van der Waals surface area contributed by atoms with E-state index in [2.05, 4.69) is 0 Å². The number of rotatable bonds is 5. The summed E-state index contributed by atoms with van der Waals surface area (Å²) < 4.78 is 0.458. The van der Waals surface area contributed by atoms with Gasteiger partial charge in [-0.25, -0.2) is 0 Å². The number of nitro groups is 1. The van der Waals surface area contributed by atoms with Crippen LogP contribution in [0.4, 0.5) is 5.69 Å². The highest BCUT2D eigenvalue weighted by atomic mass is 16.6. The number of hydrogen-bond acceptors (Lipinski definition) is 4. The molecule has 1 aromatic rings. The molecule has 0 aliphatic rings. The molecule has 1 aromatic carbocycles. The summed E-state index contributed by atoms with van der Waals surface area (Å²) in [6, 6.07) is 5.23. The summed E-state index contributed by atoms with van der Waals surface area (Å²) >= 11 is 0. The van der Waals surface area contributed by atoms with Gasteiger partial charge in [0.25, 0.3) is 5.69 Å². The Morgan fingerprint density at radius 1 is 1.33 bits per heavy atom. The van der Waals surface area contributed by atoms with E-state index in [-0.39, 0.29) is 17.8 Å². The van der Waals surface area contributed by atoms with Crippen LogP contribution in [0.2, 0.25) is 0 Å². The van der Waals surface area contributed by atoms with Crippen LogP contribution in [0.3, 0.4) is 0 Å². The fourth-order valence-electron chi connectivity index (χ4n) is 1.54. The normalized spacial score (nSPS) is 13.1. The summed E-state index contributed by atoms with van der Waals surface area (Å²) in [6.07, 6.45) is -1.11. The van der Waals surface area contributed by atoms with Crippen molar-refractivity contribution in [2.45, 2.75) is 6.10 Å². The predicted octanol–water partition coefficient (Wildman–Crippen LogP) is 0.845. The summed E-state index contributed by atoms with van der Waals surface area (Å²) in [5.74, 6) is -0.419. The van der Waals surface area contributed by atoms with Gasteiger partial charge in [0.2, 0.25) is 0 Å². The average Bonchev–Trinajstić information content (AvgIpc) is 2.26. The highest BCUT2D eigenvalue weighted by molar-refractivity contribution is 5.99. The van der Waals surface area contributed by atoms with Gasteiger partial charge in [0, 0.05) is 17.7 Å². The zero-order valence-electron chi connectivity index (χ0n) is 10.7. The Kier molecular flexibility index (Phi) is 4.15. The van der Waals surface area contributed by atoms with Gasteiger partial charge >= 0.3 is 0 Å². The van der Waals surface area contributed by atoms with E-state index < -0.39 is 16.8 Å². The number of hydrogen-bond donors (Lipinski definition) is 1. The average molecular weight is 253 g/mol. The Balaban J connectivity index is 2.81. The van der Waals surface area contributed by atoms with Crippen molar-refractivity contribution in [3.63, 3.8) is 0 Å². The minimum atomic E-state index is -1.11. The van der Waals surface area contributed by atoms with E-state index in [1.807, 2.05) is 21.1 Å². The van der Waals surface area contributed by atoms with E-state index in [4.69, 9.17) is 0 Å². The molecule has 1 rings (SSSR count). The maximum absolute atomic E-state index is 11.9. The largest absolute Gasteiger partial charge is 0.379 e. The molecule has 0 aliphatic carbocycles. The second kappa shape index (κ2) is 5.24. The van der Waals surface area contributed by atoms with Crippen molar-refractivity contribution >= 4 is 11.5 Å². The quantitative estimate of drug-likeness (QED) is 0.365. The van der Waals surface area contributed by atoms with Crippen LogP contribution in [0.5, 0.6) is 0 Å².